The van der Waals surface area contributed by atoms with E-state index < -0.39 is 0 Å². The zero-order valence-corrected chi connectivity index (χ0v) is 11.0. The van der Waals surface area contributed by atoms with Gasteiger partial charge in [0, 0.05) is 26.6 Å². The standard InChI is InChI=1S/C10H10Br2N2O/c11-6-1-5(2-7(12)3-6)10(15)14-9-4-8(9)13/h1-3,8-9H,4,13H2,(H,14,15). The van der Waals surface area contributed by atoms with Gasteiger partial charge in [0.05, 0.1) is 0 Å². The highest BCUT2D eigenvalue weighted by Gasteiger charge is 2.34. The predicted molar refractivity (Wildman–Crippen MR) is 65.7 cm³/mol. The van der Waals surface area contributed by atoms with Crippen LogP contribution in [0.5, 0.6) is 0 Å². The summed E-state index contributed by atoms with van der Waals surface area (Å²) in [4.78, 5) is 11.7. The maximum absolute atomic E-state index is 11.7. The van der Waals surface area contributed by atoms with E-state index in [9.17, 15) is 4.79 Å². The van der Waals surface area contributed by atoms with Crippen LogP contribution in [0.4, 0.5) is 0 Å². The van der Waals surface area contributed by atoms with E-state index in [1.807, 2.05) is 6.07 Å². The van der Waals surface area contributed by atoms with Gasteiger partial charge in [-0.1, -0.05) is 31.9 Å². The fourth-order valence-corrected chi connectivity index (χ4v) is 2.61. The smallest absolute Gasteiger partial charge is 0.251 e. The molecule has 3 N–H and O–H groups in total. The topological polar surface area (TPSA) is 55.1 Å². The molecule has 0 aromatic heterocycles. The predicted octanol–water partition coefficient (Wildman–Crippen LogP) is 2.04. The molecule has 0 heterocycles. The Balaban J connectivity index is 2.11. The Hall–Kier alpha value is -0.390. The van der Waals surface area contributed by atoms with Crippen molar-refractivity contribution >= 4 is 37.8 Å². The zero-order chi connectivity index (χ0) is 11.0. The van der Waals surface area contributed by atoms with Gasteiger partial charge in [-0.15, -0.1) is 0 Å². The Morgan fingerprint density at radius 1 is 1.33 bits per heavy atom. The van der Waals surface area contributed by atoms with Crippen molar-refractivity contribution in [1.29, 1.82) is 0 Å². The van der Waals surface area contributed by atoms with Crippen molar-refractivity contribution < 1.29 is 4.79 Å². The molecule has 1 aliphatic carbocycles. The molecule has 5 heteroatoms. The van der Waals surface area contributed by atoms with E-state index in [4.69, 9.17) is 5.73 Å². The molecule has 0 spiro atoms. The SMILES string of the molecule is NC1CC1NC(=O)c1cc(Br)cc(Br)c1. The summed E-state index contributed by atoms with van der Waals surface area (Å²) in [5, 5.41) is 2.87. The van der Waals surface area contributed by atoms with E-state index in [-0.39, 0.29) is 18.0 Å². The molecule has 80 valence electrons. The summed E-state index contributed by atoms with van der Waals surface area (Å²) in [6.45, 7) is 0. The van der Waals surface area contributed by atoms with E-state index in [1.165, 1.54) is 0 Å². The largest absolute Gasteiger partial charge is 0.348 e. The molecular weight excluding hydrogens is 324 g/mol. The van der Waals surface area contributed by atoms with Crippen LogP contribution in [0.25, 0.3) is 0 Å². The fraction of sp³-hybridized carbons (Fsp3) is 0.300. The summed E-state index contributed by atoms with van der Waals surface area (Å²) < 4.78 is 1.75. The van der Waals surface area contributed by atoms with E-state index in [0.717, 1.165) is 15.4 Å². The minimum atomic E-state index is -0.0741. The van der Waals surface area contributed by atoms with E-state index in [1.54, 1.807) is 12.1 Å². The quantitative estimate of drug-likeness (QED) is 0.870. The van der Waals surface area contributed by atoms with Crippen LogP contribution in [0.1, 0.15) is 16.8 Å². The average Bonchev–Trinajstić information content (AvgIpc) is 2.79. The summed E-state index contributed by atoms with van der Waals surface area (Å²) in [7, 11) is 0. The van der Waals surface area contributed by atoms with Gasteiger partial charge in [-0.2, -0.15) is 0 Å². The van der Waals surface area contributed by atoms with Crippen molar-refractivity contribution in [3.63, 3.8) is 0 Å². The summed E-state index contributed by atoms with van der Waals surface area (Å²) in [5.41, 5.74) is 6.25. The van der Waals surface area contributed by atoms with Crippen LogP contribution in [-0.2, 0) is 0 Å². The summed E-state index contributed by atoms with van der Waals surface area (Å²) >= 11 is 6.68. The van der Waals surface area contributed by atoms with Crippen molar-refractivity contribution in [3.8, 4) is 0 Å². The number of carbonyl (C=O) groups excluding carboxylic acids is 1. The fourth-order valence-electron chi connectivity index (χ4n) is 1.32. The molecule has 0 aliphatic heterocycles. The summed E-state index contributed by atoms with van der Waals surface area (Å²) in [5.74, 6) is -0.0741. The maximum Gasteiger partial charge on any atom is 0.251 e. The van der Waals surface area contributed by atoms with Crippen molar-refractivity contribution in [2.45, 2.75) is 18.5 Å². The molecule has 1 amide bonds. The highest BCUT2D eigenvalue weighted by molar-refractivity contribution is 9.11. The summed E-state index contributed by atoms with van der Waals surface area (Å²) in [6.07, 6.45) is 0.876. The third kappa shape index (κ3) is 2.80. The van der Waals surface area contributed by atoms with Crippen molar-refractivity contribution in [2.75, 3.05) is 0 Å². The van der Waals surface area contributed by atoms with Gasteiger partial charge >= 0.3 is 0 Å². The number of nitrogens with one attached hydrogen (secondary N) is 1. The number of halogens is 2. The molecule has 15 heavy (non-hydrogen) atoms. The number of rotatable bonds is 2. The highest BCUT2D eigenvalue weighted by atomic mass is 79.9. The lowest BCUT2D eigenvalue weighted by molar-refractivity contribution is 0.0950. The lowest BCUT2D eigenvalue weighted by atomic mass is 10.2. The Morgan fingerprint density at radius 2 is 1.87 bits per heavy atom. The van der Waals surface area contributed by atoms with Gasteiger partial charge in [-0.05, 0) is 24.6 Å². The van der Waals surface area contributed by atoms with Crippen LogP contribution in [-0.4, -0.2) is 18.0 Å². The molecule has 3 nitrogen and oxygen atoms in total. The zero-order valence-electron chi connectivity index (χ0n) is 7.84. The number of carbonyl (C=O) groups is 1. The second-order valence-electron chi connectivity index (χ2n) is 3.64. The maximum atomic E-state index is 11.7. The van der Waals surface area contributed by atoms with Crippen LogP contribution >= 0.6 is 31.9 Å². The van der Waals surface area contributed by atoms with Gasteiger partial charge in [0.2, 0.25) is 0 Å². The average molecular weight is 334 g/mol. The van der Waals surface area contributed by atoms with Crippen LogP contribution in [0.15, 0.2) is 27.1 Å². The lowest BCUT2D eigenvalue weighted by Gasteiger charge is -2.04. The van der Waals surface area contributed by atoms with E-state index in [0.29, 0.717) is 5.56 Å². The van der Waals surface area contributed by atoms with Crippen LogP contribution < -0.4 is 11.1 Å². The van der Waals surface area contributed by atoms with Crippen molar-refractivity contribution in [3.05, 3.63) is 32.7 Å². The Labute approximate surface area is 105 Å². The van der Waals surface area contributed by atoms with Gasteiger partial charge in [-0.25, -0.2) is 0 Å². The molecule has 1 aromatic carbocycles. The van der Waals surface area contributed by atoms with Crippen molar-refractivity contribution in [1.82, 2.24) is 5.32 Å². The lowest BCUT2D eigenvalue weighted by Crippen LogP contribution is -2.29. The normalized spacial score (nSPS) is 23.7. The highest BCUT2D eigenvalue weighted by Crippen LogP contribution is 2.22. The number of benzene rings is 1. The molecule has 0 radical (unpaired) electrons. The first-order valence-corrected chi connectivity index (χ1v) is 6.17. The molecule has 1 aliphatic rings. The Morgan fingerprint density at radius 3 is 2.33 bits per heavy atom. The molecule has 2 rings (SSSR count). The van der Waals surface area contributed by atoms with Crippen LogP contribution in [0.2, 0.25) is 0 Å². The van der Waals surface area contributed by atoms with Crippen molar-refractivity contribution in [2.24, 2.45) is 5.73 Å². The third-order valence-electron chi connectivity index (χ3n) is 2.28. The second kappa shape index (κ2) is 4.23. The van der Waals surface area contributed by atoms with Crippen LogP contribution in [0, 0.1) is 0 Å². The number of nitrogens with two attached hydrogens (primary N) is 1. The molecule has 0 saturated heterocycles. The minimum absolute atomic E-state index is 0.0741. The van der Waals surface area contributed by atoms with Gasteiger partial charge in [0.25, 0.3) is 5.91 Å². The molecular formula is C10H10Br2N2O. The van der Waals surface area contributed by atoms with Gasteiger partial charge < -0.3 is 11.1 Å². The third-order valence-corrected chi connectivity index (χ3v) is 3.20. The Kier molecular flexibility index (Phi) is 3.13. The first-order valence-electron chi connectivity index (χ1n) is 4.59. The number of amides is 1. The minimum Gasteiger partial charge on any atom is -0.348 e. The molecule has 0 bridgehead atoms. The van der Waals surface area contributed by atoms with Crippen LogP contribution in [0.3, 0.4) is 0 Å². The number of hydrogen-bond acceptors (Lipinski definition) is 2. The first-order chi connectivity index (χ1) is 7.06. The van der Waals surface area contributed by atoms with E-state index in [2.05, 4.69) is 37.2 Å². The molecule has 1 saturated carbocycles. The summed E-state index contributed by atoms with van der Waals surface area (Å²) in [6, 6.07) is 5.74. The first kappa shape index (κ1) is 11.1. The Bertz CT molecular complexity index is 388. The molecule has 2 atom stereocenters. The number of hydrogen-bond donors (Lipinski definition) is 2. The van der Waals surface area contributed by atoms with E-state index >= 15 is 0 Å². The van der Waals surface area contributed by atoms with Gasteiger partial charge in [0.15, 0.2) is 0 Å². The molecule has 2 unspecified atom stereocenters. The second-order valence-corrected chi connectivity index (χ2v) is 5.47. The van der Waals surface area contributed by atoms with Gasteiger partial charge in [-0.3, -0.25) is 4.79 Å². The van der Waals surface area contributed by atoms with Gasteiger partial charge in [0.1, 0.15) is 0 Å². The molecule has 1 fully saturated rings. The monoisotopic (exact) mass is 332 g/mol. The molecule has 1 aromatic rings.